The fourth-order valence-electron chi connectivity index (χ4n) is 5.19. The number of esters is 1. The second kappa shape index (κ2) is 15.8. The molecule has 1 aromatic heterocycles. The Kier molecular flexibility index (Phi) is 11.6. The summed E-state index contributed by atoms with van der Waals surface area (Å²) in [4.78, 5) is 58.8. The van der Waals surface area contributed by atoms with E-state index in [1.54, 1.807) is 24.0 Å². The SMILES string of the molecule is CCOC(=O)CN[C@@H](C(=O)N1CCC[C@H]1C(=O)NCc1ccc(/C(N)=N/OC(C)=O)s1)C(c1ccccc1)c1ccccc1. The minimum Gasteiger partial charge on any atom is -0.465 e. The molecule has 1 fully saturated rings. The molecule has 2 atom stereocenters. The van der Waals surface area contributed by atoms with Gasteiger partial charge in [0.1, 0.15) is 6.04 Å². The summed E-state index contributed by atoms with van der Waals surface area (Å²) >= 11 is 1.31. The summed E-state index contributed by atoms with van der Waals surface area (Å²) in [5.74, 6) is -1.94. The summed E-state index contributed by atoms with van der Waals surface area (Å²) in [7, 11) is 0. The molecule has 4 rings (SSSR count). The van der Waals surface area contributed by atoms with Crippen LogP contribution in [0.4, 0.5) is 0 Å². The van der Waals surface area contributed by atoms with Crippen LogP contribution in [0, 0.1) is 0 Å². The van der Waals surface area contributed by atoms with Gasteiger partial charge in [0.05, 0.1) is 30.6 Å². The number of oxime groups is 1. The van der Waals surface area contributed by atoms with Crippen molar-refractivity contribution in [3.05, 3.63) is 93.7 Å². The minimum atomic E-state index is -0.836. The van der Waals surface area contributed by atoms with Crippen LogP contribution in [-0.4, -0.2) is 66.3 Å². The monoisotopic (exact) mass is 619 g/mol. The highest BCUT2D eigenvalue weighted by Crippen LogP contribution is 2.31. The van der Waals surface area contributed by atoms with Gasteiger partial charge in [0.2, 0.25) is 11.8 Å². The van der Waals surface area contributed by atoms with E-state index in [4.69, 9.17) is 10.5 Å². The van der Waals surface area contributed by atoms with Gasteiger partial charge in [-0.1, -0.05) is 65.8 Å². The van der Waals surface area contributed by atoms with Crippen molar-refractivity contribution in [1.82, 2.24) is 15.5 Å². The zero-order valence-electron chi connectivity index (χ0n) is 24.7. The molecule has 2 heterocycles. The number of thiophene rings is 1. The standard InChI is InChI=1S/C32H37N5O6S/c1-3-42-27(39)20-34-29(28(22-11-6-4-7-12-22)23-13-8-5-9-14-23)32(41)37-18-10-15-25(37)31(40)35-19-24-16-17-26(44-24)30(33)36-43-21(2)38/h4-9,11-14,16-17,25,28-29,34H,3,10,15,18-20H2,1-2H3,(H2,33,36)(H,35,40)/t25-,29+/m0/s1. The van der Waals surface area contributed by atoms with Gasteiger partial charge >= 0.3 is 11.9 Å². The smallest absolute Gasteiger partial charge is 0.332 e. The molecule has 0 radical (unpaired) electrons. The second-order valence-electron chi connectivity index (χ2n) is 10.2. The average molecular weight is 620 g/mol. The molecule has 11 nitrogen and oxygen atoms in total. The van der Waals surface area contributed by atoms with Crippen molar-refractivity contribution in [2.75, 3.05) is 19.7 Å². The van der Waals surface area contributed by atoms with Crippen molar-refractivity contribution in [1.29, 1.82) is 0 Å². The maximum atomic E-state index is 14.4. The first-order valence-electron chi connectivity index (χ1n) is 14.5. The number of amidine groups is 1. The highest BCUT2D eigenvalue weighted by atomic mass is 32.1. The number of carbonyl (C=O) groups excluding carboxylic acids is 4. The lowest BCUT2D eigenvalue weighted by atomic mass is 9.84. The van der Waals surface area contributed by atoms with Gasteiger partial charge in [0.15, 0.2) is 5.84 Å². The molecule has 1 saturated heterocycles. The van der Waals surface area contributed by atoms with E-state index in [1.165, 1.54) is 18.3 Å². The number of ether oxygens (including phenoxy) is 1. The Morgan fingerprint density at radius 1 is 1.02 bits per heavy atom. The van der Waals surface area contributed by atoms with Crippen molar-refractivity contribution >= 4 is 40.9 Å². The molecule has 0 aliphatic carbocycles. The molecule has 12 heteroatoms. The van der Waals surface area contributed by atoms with E-state index in [1.807, 2.05) is 60.7 Å². The third-order valence-electron chi connectivity index (χ3n) is 7.15. The number of amides is 2. The number of nitrogens with one attached hydrogen (secondary N) is 2. The van der Waals surface area contributed by atoms with Crippen molar-refractivity contribution in [2.24, 2.45) is 10.9 Å². The van der Waals surface area contributed by atoms with E-state index < -0.39 is 29.9 Å². The molecule has 0 unspecified atom stereocenters. The zero-order valence-corrected chi connectivity index (χ0v) is 25.5. The van der Waals surface area contributed by atoms with Gasteiger partial charge in [-0.15, -0.1) is 11.3 Å². The van der Waals surface area contributed by atoms with Gasteiger partial charge in [-0.3, -0.25) is 19.7 Å². The normalized spacial score (nSPS) is 15.6. The van der Waals surface area contributed by atoms with Crippen LogP contribution in [0.3, 0.4) is 0 Å². The summed E-state index contributed by atoms with van der Waals surface area (Å²) in [6.45, 7) is 3.67. The van der Waals surface area contributed by atoms with Crippen LogP contribution in [0.2, 0.25) is 0 Å². The first-order chi connectivity index (χ1) is 21.3. The van der Waals surface area contributed by atoms with E-state index in [0.717, 1.165) is 16.0 Å². The first kappa shape index (κ1) is 32.4. The maximum absolute atomic E-state index is 14.4. The molecule has 0 spiro atoms. The summed E-state index contributed by atoms with van der Waals surface area (Å²) in [6.07, 6.45) is 1.18. The van der Waals surface area contributed by atoms with E-state index in [-0.39, 0.29) is 37.3 Å². The van der Waals surface area contributed by atoms with E-state index >= 15 is 0 Å². The van der Waals surface area contributed by atoms with E-state index in [2.05, 4.69) is 20.6 Å². The molecule has 1 aliphatic heterocycles. The van der Waals surface area contributed by atoms with E-state index in [0.29, 0.717) is 24.3 Å². The van der Waals surface area contributed by atoms with Gasteiger partial charge < -0.3 is 25.5 Å². The van der Waals surface area contributed by atoms with Gasteiger partial charge in [-0.05, 0) is 43.0 Å². The average Bonchev–Trinajstić information content (AvgIpc) is 3.72. The predicted octanol–water partition coefficient (Wildman–Crippen LogP) is 2.89. The van der Waals surface area contributed by atoms with Crippen LogP contribution in [-0.2, 0) is 35.3 Å². The van der Waals surface area contributed by atoms with Crippen molar-refractivity contribution in [3.63, 3.8) is 0 Å². The Bertz CT molecular complexity index is 1420. The molecule has 0 bridgehead atoms. The molecule has 44 heavy (non-hydrogen) atoms. The zero-order chi connectivity index (χ0) is 31.5. The Labute approximate surface area is 260 Å². The third kappa shape index (κ3) is 8.51. The van der Waals surface area contributed by atoms with Crippen LogP contribution < -0.4 is 16.4 Å². The number of carbonyl (C=O) groups is 4. The fraction of sp³-hybridized carbons (Fsp3) is 0.344. The molecule has 0 saturated carbocycles. The van der Waals surface area contributed by atoms with Crippen LogP contribution in [0.15, 0.2) is 78.0 Å². The Balaban J connectivity index is 1.53. The topological polar surface area (TPSA) is 152 Å². The predicted molar refractivity (Wildman–Crippen MR) is 167 cm³/mol. The molecule has 1 aliphatic rings. The van der Waals surface area contributed by atoms with Crippen LogP contribution in [0.1, 0.15) is 53.5 Å². The summed E-state index contributed by atoms with van der Waals surface area (Å²) in [5, 5.41) is 9.71. The number of likely N-dealkylation sites (tertiary alicyclic amines) is 1. The molecular weight excluding hydrogens is 582 g/mol. The maximum Gasteiger partial charge on any atom is 0.332 e. The molecule has 3 aromatic rings. The van der Waals surface area contributed by atoms with Crippen LogP contribution >= 0.6 is 11.3 Å². The Hall–Kier alpha value is -4.55. The van der Waals surface area contributed by atoms with Crippen LogP contribution in [0.5, 0.6) is 0 Å². The summed E-state index contributed by atoms with van der Waals surface area (Å²) < 4.78 is 5.14. The lowest BCUT2D eigenvalue weighted by molar-refractivity contribution is -0.144. The molecule has 4 N–H and O–H groups in total. The highest BCUT2D eigenvalue weighted by Gasteiger charge is 2.40. The first-order valence-corrected chi connectivity index (χ1v) is 15.3. The third-order valence-corrected chi connectivity index (χ3v) is 8.26. The number of nitrogens with zero attached hydrogens (tertiary/aromatic N) is 2. The molecule has 232 valence electrons. The second-order valence-corrected chi connectivity index (χ2v) is 11.4. The van der Waals surface area contributed by atoms with Crippen molar-refractivity contribution in [2.45, 2.75) is 51.2 Å². The lowest BCUT2D eigenvalue weighted by Gasteiger charge is -2.33. The molecule has 2 amide bonds. The number of nitrogens with two attached hydrogens (primary N) is 1. The number of benzene rings is 2. The van der Waals surface area contributed by atoms with Crippen LogP contribution in [0.25, 0.3) is 0 Å². The minimum absolute atomic E-state index is 0.0584. The van der Waals surface area contributed by atoms with Gasteiger partial charge in [-0.25, -0.2) is 4.79 Å². The Morgan fingerprint density at radius 2 is 1.68 bits per heavy atom. The summed E-state index contributed by atoms with van der Waals surface area (Å²) in [6, 6.07) is 21.3. The number of hydrogen-bond acceptors (Lipinski definition) is 9. The van der Waals surface area contributed by atoms with Gasteiger partial charge in [0.25, 0.3) is 0 Å². The lowest BCUT2D eigenvalue weighted by Crippen LogP contribution is -2.55. The highest BCUT2D eigenvalue weighted by molar-refractivity contribution is 7.14. The molecule has 2 aromatic carbocycles. The Morgan fingerprint density at radius 3 is 2.30 bits per heavy atom. The van der Waals surface area contributed by atoms with Gasteiger partial charge in [0, 0.05) is 24.3 Å². The largest absolute Gasteiger partial charge is 0.465 e. The van der Waals surface area contributed by atoms with Crippen molar-refractivity contribution < 1.29 is 28.8 Å². The van der Waals surface area contributed by atoms with Crippen molar-refractivity contribution in [3.8, 4) is 0 Å². The quantitative estimate of drug-likeness (QED) is 0.0869. The summed E-state index contributed by atoms with van der Waals surface area (Å²) in [5.41, 5.74) is 7.68. The molecular formula is C32H37N5O6S. The fourth-order valence-corrected chi connectivity index (χ4v) is 6.03. The van der Waals surface area contributed by atoms with Gasteiger partial charge in [-0.2, -0.15) is 0 Å². The van der Waals surface area contributed by atoms with E-state index in [9.17, 15) is 19.2 Å². The number of hydrogen-bond donors (Lipinski definition) is 3. The number of rotatable bonds is 13.